The molecule has 0 amide bonds. The summed E-state index contributed by atoms with van der Waals surface area (Å²) in [7, 11) is -2.34. The first kappa shape index (κ1) is 28.0. The van der Waals surface area contributed by atoms with Gasteiger partial charge in [0.15, 0.2) is 0 Å². The molecule has 2 rings (SSSR count). The molecule has 0 fully saturated rings. The van der Waals surface area contributed by atoms with E-state index in [-0.39, 0.29) is 43.5 Å². The van der Waals surface area contributed by atoms with Crippen molar-refractivity contribution in [2.24, 2.45) is 0 Å². The third kappa shape index (κ3) is 7.91. The minimum absolute atomic E-state index is 0.0728. The highest BCUT2D eigenvalue weighted by molar-refractivity contribution is 7.92. The van der Waals surface area contributed by atoms with E-state index in [2.05, 4.69) is 9.97 Å². The SMILES string of the molecule is CCOC(=O)CC(=O)CCC(=O)Cc1c(-c2ccc(F)cc2)nc(N(C)S(C)(=O)=O)nc1C(C)C. The van der Waals surface area contributed by atoms with Crippen LogP contribution in [0.25, 0.3) is 11.3 Å². The Morgan fingerprint density at radius 1 is 1.06 bits per heavy atom. The normalized spacial score (nSPS) is 11.4. The monoisotopic (exact) mass is 507 g/mol. The molecule has 0 radical (unpaired) electrons. The van der Waals surface area contributed by atoms with Crippen LogP contribution in [0.4, 0.5) is 10.3 Å². The number of halogens is 1. The third-order valence-electron chi connectivity index (χ3n) is 5.17. The van der Waals surface area contributed by atoms with Gasteiger partial charge in [-0.3, -0.25) is 14.4 Å². The summed E-state index contributed by atoms with van der Waals surface area (Å²) in [5.74, 6) is -2.04. The van der Waals surface area contributed by atoms with Crippen molar-refractivity contribution in [1.29, 1.82) is 0 Å². The Bertz CT molecular complexity index is 1200. The highest BCUT2D eigenvalue weighted by Crippen LogP contribution is 2.31. The van der Waals surface area contributed by atoms with E-state index in [4.69, 9.17) is 4.74 Å². The summed E-state index contributed by atoms with van der Waals surface area (Å²) in [6, 6.07) is 5.46. The molecule has 2 aromatic rings. The number of ketones is 2. The number of aromatic nitrogens is 2. The van der Waals surface area contributed by atoms with E-state index in [0.29, 0.717) is 22.5 Å². The average Bonchev–Trinajstić information content (AvgIpc) is 2.77. The van der Waals surface area contributed by atoms with Crippen LogP contribution in [0.3, 0.4) is 0 Å². The molecule has 0 bridgehead atoms. The van der Waals surface area contributed by atoms with Crippen molar-refractivity contribution >= 4 is 33.5 Å². The molecule has 1 heterocycles. The van der Waals surface area contributed by atoms with Crippen LogP contribution in [0.1, 0.15) is 57.2 Å². The van der Waals surface area contributed by atoms with E-state index >= 15 is 0 Å². The summed E-state index contributed by atoms with van der Waals surface area (Å²) < 4.78 is 43.5. The summed E-state index contributed by atoms with van der Waals surface area (Å²) in [5.41, 5.74) is 1.73. The Kier molecular flexibility index (Phi) is 9.58. The van der Waals surface area contributed by atoms with Gasteiger partial charge in [0.25, 0.3) is 0 Å². The molecule has 9 nitrogen and oxygen atoms in total. The molecule has 190 valence electrons. The smallest absolute Gasteiger partial charge is 0.313 e. The van der Waals surface area contributed by atoms with Crippen molar-refractivity contribution in [3.05, 3.63) is 41.3 Å². The molecule has 0 saturated carbocycles. The molecule has 0 aliphatic rings. The van der Waals surface area contributed by atoms with E-state index in [1.54, 1.807) is 6.92 Å². The first-order valence-corrected chi connectivity index (χ1v) is 13.0. The number of hydrogen-bond acceptors (Lipinski definition) is 8. The number of carbonyl (C=O) groups is 3. The third-order valence-corrected chi connectivity index (χ3v) is 6.33. The second-order valence-corrected chi connectivity index (χ2v) is 10.4. The standard InChI is InChI=1S/C24H30FN3O6S/c1-6-34-21(31)14-19(30)12-11-18(29)13-20-22(15(2)3)26-24(28(4)35(5,32)33)27-23(20)16-7-9-17(25)10-8-16/h7-10,15H,6,11-14H2,1-5H3. The van der Waals surface area contributed by atoms with Crippen LogP contribution in [-0.4, -0.2) is 55.8 Å². The Morgan fingerprint density at radius 3 is 2.20 bits per heavy atom. The lowest BCUT2D eigenvalue weighted by Crippen LogP contribution is -2.28. The van der Waals surface area contributed by atoms with Crippen molar-refractivity contribution < 1.29 is 31.9 Å². The summed E-state index contributed by atoms with van der Waals surface area (Å²) in [5, 5.41) is 0. The number of anilines is 1. The van der Waals surface area contributed by atoms with Crippen LogP contribution >= 0.6 is 0 Å². The van der Waals surface area contributed by atoms with Gasteiger partial charge in [0.05, 0.1) is 24.3 Å². The van der Waals surface area contributed by atoms with Gasteiger partial charge in [0.1, 0.15) is 23.8 Å². The number of sulfonamides is 1. The summed E-state index contributed by atoms with van der Waals surface area (Å²) in [4.78, 5) is 45.2. The summed E-state index contributed by atoms with van der Waals surface area (Å²) in [6.07, 6.45) is 0.304. The molecule has 1 aromatic heterocycles. The molecular weight excluding hydrogens is 477 g/mol. The Balaban J connectivity index is 2.44. The second-order valence-electron chi connectivity index (χ2n) is 8.36. The quantitative estimate of drug-likeness (QED) is 0.317. The molecule has 0 saturated heterocycles. The molecular formula is C24H30FN3O6S. The van der Waals surface area contributed by atoms with Gasteiger partial charge in [0, 0.05) is 37.4 Å². The molecule has 0 atom stereocenters. The predicted molar refractivity (Wildman–Crippen MR) is 129 cm³/mol. The number of benzene rings is 1. The summed E-state index contributed by atoms with van der Waals surface area (Å²) in [6.45, 7) is 5.49. The van der Waals surface area contributed by atoms with Crippen molar-refractivity contribution in [2.75, 3.05) is 24.2 Å². The maximum Gasteiger partial charge on any atom is 0.313 e. The predicted octanol–water partition coefficient (Wildman–Crippen LogP) is 3.22. The molecule has 0 aliphatic heterocycles. The van der Waals surface area contributed by atoms with E-state index in [1.807, 2.05) is 13.8 Å². The van der Waals surface area contributed by atoms with Gasteiger partial charge in [-0.05, 0) is 37.1 Å². The Morgan fingerprint density at radius 2 is 1.66 bits per heavy atom. The van der Waals surface area contributed by atoms with Crippen LogP contribution in [0.5, 0.6) is 0 Å². The van der Waals surface area contributed by atoms with Crippen molar-refractivity contribution in [1.82, 2.24) is 9.97 Å². The first-order valence-electron chi connectivity index (χ1n) is 11.1. The van der Waals surface area contributed by atoms with Crippen molar-refractivity contribution in [3.8, 4) is 11.3 Å². The first-order chi connectivity index (χ1) is 16.3. The molecule has 0 unspecified atom stereocenters. The van der Waals surface area contributed by atoms with Gasteiger partial charge >= 0.3 is 5.97 Å². The lowest BCUT2D eigenvalue weighted by atomic mass is 9.93. The zero-order chi connectivity index (χ0) is 26.3. The van der Waals surface area contributed by atoms with E-state index in [9.17, 15) is 27.2 Å². The number of carbonyl (C=O) groups excluding carboxylic acids is 3. The van der Waals surface area contributed by atoms with Gasteiger partial charge in [0.2, 0.25) is 16.0 Å². The fourth-order valence-corrected chi connectivity index (χ4v) is 3.68. The van der Waals surface area contributed by atoms with E-state index < -0.39 is 34.0 Å². The molecule has 0 aliphatic carbocycles. The highest BCUT2D eigenvalue weighted by Gasteiger charge is 2.24. The number of nitrogens with zero attached hydrogens (tertiary/aromatic N) is 3. The minimum Gasteiger partial charge on any atom is -0.466 e. The van der Waals surface area contributed by atoms with Crippen molar-refractivity contribution in [2.45, 2.75) is 52.4 Å². The highest BCUT2D eigenvalue weighted by atomic mass is 32.2. The number of ether oxygens (including phenoxy) is 1. The lowest BCUT2D eigenvalue weighted by Gasteiger charge is -2.21. The molecule has 1 aromatic carbocycles. The zero-order valence-electron chi connectivity index (χ0n) is 20.5. The van der Waals surface area contributed by atoms with Crippen LogP contribution in [0.15, 0.2) is 24.3 Å². The fraction of sp³-hybridized carbons (Fsp3) is 0.458. The Hall–Kier alpha value is -3.21. The van der Waals surface area contributed by atoms with Gasteiger partial charge in [-0.25, -0.2) is 27.1 Å². The molecule has 11 heteroatoms. The second kappa shape index (κ2) is 12.0. The topological polar surface area (TPSA) is 124 Å². The maximum atomic E-state index is 13.6. The van der Waals surface area contributed by atoms with Gasteiger partial charge in [-0.15, -0.1) is 0 Å². The fourth-order valence-electron chi connectivity index (χ4n) is 3.30. The number of esters is 1. The van der Waals surface area contributed by atoms with Crippen molar-refractivity contribution in [3.63, 3.8) is 0 Å². The van der Waals surface area contributed by atoms with E-state index in [1.165, 1.54) is 31.3 Å². The maximum absolute atomic E-state index is 13.6. The van der Waals surface area contributed by atoms with E-state index in [0.717, 1.165) is 10.6 Å². The summed E-state index contributed by atoms with van der Waals surface area (Å²) >= 11 is 0. The average molecular weight is 508 g/mol. The number of rotatable bonds is 12. The largest absolute Gasteiger partial charge is 0.466 e. The zero-order valence-corrected chi connectivity index (χ0v) is 21.3. The number of Topliss-reactive ketones (excluding diaryl/α,β-unsaturated/α-hetero) is 2. The van der Waals surface area contributed by atoms with Gasteiger partial charge in [-0.1, -0.05) is 13.8 Å². The van der Waals surface area contributed by atoms with Gasteiger partial charge < -0.3 is 4.74 Å². The molecule has 0 spiro atoms. The van der Waals surface area contributed by atoms with Gasteiger partial charge in [-0.2, -0.15) is 0 Å². The minimum atomic E-state index is -3.67. The number of hydrogen-bond donors (Lipinski definition) is 0. The van der Waals surface area contributed by atoms with Crippen LogP contribution in [-0.2, 0) is 35.6 Å². The van der Waals surface area contributed by atoms with Crippen LogP contribution in [0.2, 0.25) is 0 Å². The molecule has 0 N–H and O–H groups in total. The van der Waals surface area contributed by atoms with Crippen LogP contribution in [0, 0.1) is 5.82 Å². The Labute approximate surface area is 204 Å². The van der Waals surface area contributed by atoms with Crippen LogP contribution < -0.4 is 4.31 Å². The molecule has 35 heavy (non-hydrogen) atoms. The lowest BCUT2D eigenvalue weighted by molar-refractivity contribution is -0.145.